The molecule has 0 aliphatic carbocycles. The molecule has 0 aromatic carbocycles. The molecule has 1 unspecified atom stereocenters. The highest BCUT2D eigenvalue weighted by molar-refractivity contribution is 5.12. The second-order valence-corrected chi connectivity index (χ2v) is 6.74. The van der Waals surface area contributed by atoms with Gasteiger partial charge >= 0.3 is 0 Å². The number of aryl methyl sites for hydroxylation is 1. The molecule has 0 radical (unpaired) electrons. The molecule has 4 heteroatoms. The Bertz CT molecular complexity index is 412. The Balaban J connectivity index is 1.52. The van der Waals surface area contributed by atoms with Crippen LogP contribution in [0, 0.1) is 5.41 Å². The van der Waals surface area contributed by atoms with Crippen LogP contribution < -0.4 is 5.32 Å². The van der Waals surface area contributed by atoms with E-state index in [1.807, 2.05) is 17.9 Å². The molecule has 1 aromatic rings. The second kappa shape index (κ2) is 5.25. The number of likely N-dealkylation sites (tertiary alicyclic amines) is 1. The predicted molar refractivity (Wildman–Crippen MR) is 77.2 cm³/mol. The van der Waals surface area contributed by atoms with Crippen LogP contribution in [0.5, 0.6) is 0 Å². The van der Waals surface area contributed by atoms with E-state index in [0.29, 0.717) is 5.41 Å². The van der Waals surface area contributed by atoms with Crippen LogP contribution in [-0.2, 0) is 7.05 Å². The van der Waals surface area contributed by atoms with Crippen molar-refractivity contribution in [1.29, 1.82) is 0 Å². The van der Waals surface area contributed by atoms with Crippen LogP contribution in [0.2, 0.25) is 0 Å². The lowest BCUT2D eigenvalue weighted by molar-refractivity contribution is 0.144. The zero-order chi connectivity index (χ0) is 13.3. The van der Waals surface area contributed by atoms with Gasteiger partial charge in [-0.2, -0.15) is 5.10 Å². The molecule has 1 N–H and O–H groups in total. The summed E-state index contributed by atoms with van der Waals surface area (Å²) < 4.78 is 1.92. The molecule has 2 aliphatic heterocycles. The minimum Gasteiger partial charge on any atom is -0.316 e. The molecule has 106 valence electrons. The molecule has 2 saturated heterocycles. The Hall–Kier alpha value is -0.870. The lowest BCUT2D eigenvalue weighted by Gasteiger charge is -2.36. The van der Waals surface area contributed by atoms with E-state index in [4.69, 9.17) is 0 Å². The zero-order valence-electron chi connectivity index (χ0n) is 12.2. The topological polar surface area (TPSA) is 33.1 Å². The molecule has 4 nitrogen and oxygen atoms in total. The summed E-state index contributed by atoms with van der Waals surface area (Å²) in [6.07, 6.45) is 8.13. The van der Waals surface area contributed by atoms with E-state index in [0.717, 1.165) is 5.92 Å². The fourth-order valence-corrected chi connectivity index (χ4v) is 3.62. The third-order valence-electron chi connectivity index (χ3n) is 4.85. The Labute approximate surface area is 116 Å². The van der Waals surface area contributed by atoms with Gasteiger partial charge in [0, 0.05) is 26.3 Å². The lowest BCUT2D eigenvalue weighted by atomic mass is 9.86. The fourth-order valence-electron chi connectivity index (χ4n) is 3.62. The van der Waals surface area contributed by atoms with Crippen molar-refractivity contribution in [2.45, 2.75) is 32.1 Å². The van der Waals surface area contributed by atoms with Crippen LogP contribution in [0.25, 0.3) is 0 Å². The quantitative estimate of drug-likeness (QED) is 0.898. The number of hydrogen-bond acceptors (Lipinski definition) is 3. The van der Waals surface area contributed by atoms with E-state index < -0.39 is 0 Å². The van der Waals surface area contributed by atoms with Gasteiger partial charge in [0.1, 0.15) is 0 Å². The van der Waals surface area contributed by atoms with Gasteiger partial charge in [-0.25, -0.2) is 0 Å². The van der Waals surface area contributed by atoms with Gasteiger partial charge in [-0.1, -0.05) is 6.92 Å². The van der Waals surface area contributed by atoms with Crippen molar-refractivity contribution in [3.8, 4) is 0 Å². The smallest absolute Gasteiger partial charge is 0.0524 e. The van der Waals surface area contributed by atoms with Crippen LogP contribution >= 0.6 is 0 Å². The van der Waals surface area contributed by atoms with Crippen molar-refractivity contribution >= 4 is 0 Å². The van der Waals surface area contributed by atoms with Crippen molar-refractivity contribution < 1.29 is 0 Å². The largest absolute Gasteiger partial charge is 0.316 e. The van der Waals surface area contributed by atoms with E-state index in [1.54, 1.807) is 0 Å². The summed E-state index contributed by atoms with van der Waals surface area (Å²) in [4.78, 5) is 2.67. The Morgan fingerprint density at radius 1 is 1.42 bits per heavy atom. The normalized spacial score (nSPS) is 30.0. The minimum atomic E-state index is 0.501. The third kappa shape index (κ3) is 3.00. The Kier molecular flexibility index (Phi) is 3.63. The third-order valence-corrected chi connectivity index (χ3v) is 4.85. The van der Waals surface area contributed by atoms with Crippen molar-refractivity contribution in [1.82, 2.24) is 20.0 Å². The minimum absolute atomic E-state index is 0.501. The van der Waals surface area contributed by atoms with E-state index >= 15 is 0 Å². The first-order chi connectivity index (χ1) is 9.15. The highest BCUT2D eigenvalue weighted by Gasteiger charge is 2.32. The van der Waals surface area contributed by atoms with E-state index in [9.17, 15) is 0 Å². The first-order valence-electron chi connectivity index (χ1n) is 7.56. The molecule has 0 bridgehead atoms. The molecule has 0 spiro atoms. The van der Waals surface area contributed by atoms with Gasteiger partial charge in [-0.15, -0.1) is 0 Å². The summed E-state index contributed by atoms with van der Waals surface area (Å²) in [6.45, 7) is 8.57. The first-order valence-corrected chi connectivity index (χ1v) is 7.56. The maximum atomic E-state index is 4.30. The van der Waals surface area contributed by atoms with E-state index in [1.165, 1.54) is 57.5 Å². The van der Waals surface area contributed by atoms with Gasteiger partial charge in [-0.3, -0.25) is 4.68 Å². The Morgan fingerprint density at radius 2 is 2.21 bits per heavy atom. The highest BCUT2D eigenvalue weighted by atomic mass is 15.2. The van der Waals surface area contributed by atoms with Gasteiger partial charge in [0.05, 0.1) is 6.20 Å². The maximum Gasteiger partial charge on any atom is 0.0524 e. The second-order valence-electron chi connectivity index (χ2n) is 6.74. The van der Waals surface area contributed by atoms with Crippen molar-refractivity contribution in [2.75, 3.05) is 32.7 Å². The van der Waals surface area contributed by atoms with Gasteiger partial charge in [-0.05, 0) is 55.8 Å². The van der Waals surface area contributed by atoms with E-state index in [2.05, 4.69) is 28.4 Å². The molecule has 3 rings (SSSR count). The number of rotatable bonds is 3. The summed E-state index contributed by atoms with van der Waals surface area (Å²) in [6, 6.07) is 0. The first kappa shape index (κ1) is 13.1. The molecule has 2 fully saturated rings. The average Bonchev–Trinajstić information content (AvgIpc) is 3.00. The number of aromatic nitrogens is 2. The van der Waals surface area contributed by atoms with Gasteiger partial charge < -0.3 is 10.2 Å². The van der Waals surface area contributed by atoms with Crippen molar-refractivity contribution in [3.63, 3.8) is 0 Å². The van der Waals surface area contributed by atoms with Gasteiger partial charge in [0.25, 0.3) is 0 Å². The van der Waals surface area contributed by atoms with Crippen LogP contribution in [0.15, 0.2) is 12.4 Å². The fraction of sp³-hybridized carbons (Fsp3) is 0.800. The maximum absolute atomic E-state index is 4.30. The van der Waals surface area contributed by atoms with Gasteiger partial charge in [0.15, 0.2) is 0 Å². The summed E-state index contributed by atoms with van der Waals surface area (Å²) in [5.74, 6) is 0.722. The molecule has 0 saturated carbocycles. The number of piperidine rings is 1. The summed E-state index contributed by atoms with van der Waals surface area (Å²) >= 11 is 0. The number of hydrogen-bond donors (Lipinski definition) is 1. The summed E-state index contributed by atoms with van der Waals surface area (Å²) in [5, 5.41) is 7.80. The average molecular weight is 262 g/mol. The standard InChI is InChI=1S/C15H26N4/c1-15(5-6-16-11-15)12-19-7-3-13(4-8-19)14-9-17-18(2)10-14/h9-10,13,16H,3-8,11-12H2,1-2H3. The monoisotopic (exact) mass is 262 g/mol. The molecule has 0 amide bonds. The molecule has 2 aliphatic rings. The molecular formula is C15H26N4. The summed E-state index contributed by atoms with van der Waals surface area (Å²) in [5.41, 5.74) is 1.93. The lowest BCUT2D eigenvalue weighted by Crippen LogP contribution is -2.41. The SMILES string of the molecule is Cn1cc(C2CCN(CC3(C)CCNC3)CC2)cn1. The Morgan fingerprint density at radius 3 is 2.79 bits per heavy atom. The number of nitrogens with one attached hydrogen (secondary N) is 1. The van der Waals surface area contributed by atoms with Crippen LogP contribution in [0.3, 0.4) is 0 Å². The molecule has 1 aromatic heterocycles. The number of nitrogens with zero attached hydrogens (tertiary/aromatic N) is 3. The predicted octanol–water partition coefficient (Wildman–Crippen LogP) is 1.60. The van der Waals surface area contributed by atoms with Crippen LogP contribution in [0.1, 0.15) is 37.7 Å². The highest BCUT2D eigenvalue weighted by Crippen LogP contribution is 2.31. The van der Waals surface area contributed by atoms with Crippen molar-refractivity contribution in [2.24, 2.45) is 12.5 Å². The molecular weight excluding hydrogens is 236 g/mol. The van der Waals surface area contributed by atoms with Crippen LogP contribution in [0.4, 0.5) is 0 Å². The van der Waals surface area contributed by atoms with E-state index in [-0.39, 0.29) is 0 Å². The van der Waals surface area contributed by atoms with Gasteiger partial charge in [0.2, 0.25) is 0 Å². The molecule has 19 heavy (non-hydrogen) atoms. The molecule has 1 atom stereocenters. The van der Waals surface area contributed by atoms with Crippen LogP contribution in [-0.4, -0.2) is 47.4 Å². The zero-order valence-corrected chi connectivity index (χ0v) is 12.2. The molecule has 3 heterocycles. The summed E-state index contributed by atoms with van der Waals surface area (Å²) in [7, 11) is 2.01. The van der Waals surface area contributed by atoms with Crippen molar-refractivity contribution in [3.05, 3.63) is 18.0 Å².